The molecule has 1 aromatic rings. The van der Waals surface area contributed by atoms with Gasteiger partial charge in [0, 0.05) is 24.2 Å². The second kappa shape index (κ2) is 10.2. The van der Waals surface area contributed by atoms with Gasteiger partial charge in [-0.15, -0.1) is 0 Å². The highest BCUT2D eigenvalue weighted by atomic mass is 35.5. The fraction of sp³-hybridized carbons (Fsp3) is 0.625. The Balaban J connectivity index is 2.58. The third-order valence-corrected chi connectivity index (χ3v) is 3.75. The molecular weight excluding hydrogens is 272 g/mol. The van der Waals surface area contributed by atoms with Crippen molar-refractivity contribution in [3.8, 4) is 0 Å². The molecule has 0 saturated heterocycles. The maximum Gasteiger partial charge on any atom is 0.0443 e. The molecule has 0 aliphatic rings. The zero-order valence-corrected chi connectivity index (χ0v) is 13.4. The number of aliphatic hydroxyl groups excluding tert-OH is 1. The number of benzene rings is 1. The van der Waals surface area contributed by atoms with Gasteiger partial charge in [-0.25, -0.2) is 0 Å². The molecule has 4 heteroatoms. The van der Waals surface area contributed by atoms with Gasteiger partial charge in [-0.1, -0.05) is 37.6 Å². The molecule has 0 aliphatic heterocycles. The summed E-state index contributed by atoms with van der Waals surface area (Å²) in [7, 11) is 0. The minimum atomic E-state index is 0.265. The lowest BCUT2D eigenvalue weighted by atomic mass is 10.0. The molecule has 1 rings (SSSR count). The van der Waals surface area contributed by atoms with E-state index in [-0.39, 0.29) is 6.61 Å². The molecule has 114 valence electrons. The molecule has 1 aromatic carbocycles. The monoisotopic (exact) mass is 298 g/mol. The first-order chi connectivity index (χ1) is 9.71. The topological polar surface area (TPSA) is 35.5 Å². The lowest BCUT2D eigenvalue weighted by Gasteiger charge is -2.24. The summed E-state index contributed by atoms with van der Waals surface area (Å²) in [6.07, 6.45) is 1.89. The van der Waals surface area contributed by atoms with Crippen molar-refractivity contribution in [1.82, 2.24) is 10.2 Å². The van der Waals surface area contributed by atoms with Crippen molar-refractivity contribution < 1.29 is 5.11 Å². The molecule has 0 amide bonds. The minimum absolute atomic E-state index is 0.265. The van der Waals surface area contributed by atoms with Crippen LogP contribution in [0.15, 0.2) is 24.3 Å². The summed E-state index contributed by atoms with van der Waals surface area (Å²) in [4.78, 5) is 2.38. The lowest BCUT2D eigenvalue weighted by molar-refractivity contribution is 0.223. The standard InChI is InChI=1S/C16H27ClN2O/c1-3-18-16(14-7-5-8-15(17)13-14)9-11-19(4-2)10-6-12-20/h5,7-8,13,16,18,20H,3-4,6,9-12H2,1-2H3. The quantitative estimate of drug-likeness (QED) is 0.697. The van der Waals surface area contributed by atoms with Crippen LogP contribution in [0.1, 0.15) is 38.3 Å². The Morgan fingerprint density at radius 1 is 1.30 bits per heavy atom. The Labute approximate surface area is 127 Å². The number of hydrogen-bond acceptors (Lipinski definition) is 3. The van der Waals surface area contributed by atoms with Crippen molar-refractivity contribution in [1.29, 1.82) is 0 Å². The molecule has 0 bridgehead atoms. The van der Waals surface area contributed by atoms with Crippen molar-refractivity contribution in [2.24, 2.45) is 0 Å². The number of aliphatic hydroxyl groups is 1. The van der Waals surface area contributed by atoms with Crippen molar-refractivity contribution >= 4 is 11.6 Å². The van der Waals surface area contributed by atoms with Crippen LogP contribution < -0.4 is 5.32 Å². The summed E-state index contributed by atoms with van der Waals surface area (Å²) in [6, 6.07) is 8.42. The van der Waals surface area contributed by atoms with E-state index in [1.54, 1.807) is 0 Å². The van der Waals surface area contributed by atoms with Gasteiger partial charge in [-0.2, -0.15) is 0 Å². The lowest BCUT2D eigenvalue weighted by Crippen LogP contribution is -2.30. The first kappa shape index (κ1) is 17.4. The van der Waals surface area contributed by atoms with Gasteiger partial charge in [0.1, 0.15) is 0 Å². The van der Waals surface area contributed by atoms with Crippen molar-refractivity contribution in [2.45, 2.75) is 32.7 Å². The predicted molar refractivity (Wildman–Crippen MR) is 86.3 cm³/mol. The summed E-state index contributed by atoms with van der Waals surface area (Å²) in [5.74, 6) is 0. The molecule has 1 unspecified atom stereocenters. The van der Waals surface area contributed by atoms with Crippen LogP contribution in [0.4, 0.5) is 0 Å². The van der Waals surface area contributed by atoms with Crippen LogP contribution in [0.5, 0.6) is 0 Å². The van der Waals surface area contributed by atoms with Crippen molar-refractivity contribution in [3.05, 3.63) is 34.9 Å². The van der Waals surface area contributed by atoms with Crippen LogP contribution >= 0.6 is 11.6 Å². The Kier molecular flexibility index (Phi) is 8.86. The highest BCUT2D eigenvalue weighted by molar-refractivity contribution is 6.30. The number of rotatable bonds is 10. The van der Waals surface area contributed by atoms with E-state index >= 15 is 0 Å². The molecule has 0 aliphatic carbocycles. The highest BCUT2D eigenvalue weighted by Crippen LogP contribution is 2.20. The van der Waals surface area contributed by atoms with Gasteiger partial charge in [-0.05, 0) is 50.2 Å². The number of hydrogen-bond donors (Lipinski definition) is 2. The van der Waals surface area contributed by atoms with Crippen LogP contribution in [0.25, 0.3) is 0 Å². The molecule has 0 saturated carbocycles. The average Bonchev–Trinajstić information content (AvgIpc) is 2.46. The van der Waals surface area contributed by atoms with E-state index < -0.39 is 0 Å². The van der Waals surface area contributed by atoms with Gasteiger partial charge in [0.15, 0.2) is 0 Å². The van der Waals surface area contributed by atoms with E-state index in [2.05, 4.69) is 30.1 Å². The second-order valence-electron chi connectivity index (χ2n) is 4.97. The zero-order chi connectivity index (χ0) is 14.8. The normalized spacial score (nSPS) is 12.8. The van der Waals surface area contributed by atoms with E-state index in [1.807, 2.05) is 18.2 Å². The average molecular weight is 299 g/mol. The van der Waals surface area contributed by atoms with Gasteiger partial charge in [0.05, 0.1) is 0 Å². The summed E-state index contributed by atoms with van der Waals surface area (Å²) < 4.78 is 0. The van der Waals surface area contributed by atoms with Crippen molar-refractivity contribution in [2.75, 3.05) is 32.8 Å². The molecular formula is C16H27ClN2O. The summed E-state index contributed by atoms with van der Waals surface area (Å²) in [5, 5.41) is 13.2. The van der Waals surface area contributed by atoms with Gasteiger partial charge < -0.3 is 15.3 Å². The third kappa shape index (κ3) is 6.23. The van der Waals surface area contributed by atoms with Crippen LogP contribution in [0.2, 0.25) is 5.02 Å². The Morgan fingerprint density at radius 2 is 2.10 bits per heavy atom. The molecule has 0 aromatic heterocycles. The van der Waals surface area contributed by atoms with Crippen LogP contribution in [0, 0.1) is 0 Å². The number of nitrogens with zero attached hydrogens (tertiary/aromatic N) is 1. The second-order valence-corrected chi connectivity index (χ2v) is 5.40. The molecule has 0 spiro atoms. The van der Waals surface area contributed by atoms with Gasteiger partial charge >= 0.3 is 0 Å². The van der Waals surface area contributed by atoms with E-state index in [0.717, 1.165) is 44.0 Å². The van der Waals surface area contributed by atoms with E-state index in [4.69, 9.17) is 16.7 Å². The summed E-state index contributed by atoms with van der Waals surface area (Å²) >= 11 is 6.08. The number of halogens is 1. The SMILES string of the molecule is CCNC(CCN(CC)CCCO)c1cccc(Cl)c1. The highest BCUT2D eigenvalue weighted by Gasteiger charge is 2.12. The smallest absolute Gasteiger partial charge is 0.0443 e. The maximum absolute atomic E-state index is 8.93. The Hall–Kier alpha value is -0.610. The predicted octanol–water partition coefficient (Wildman–Crippen LogP) is 3.09. The van der Waals surface area contributed by atoms with E-state index in [9.17, 15) is 0 Å². The molecule has 0 fully saturated rings. The van der Waals surface area contributed by atoms with E-state index in [1.165, 1.54) is 5.56 Å². The first-order valence-electron chi connectivity index (χ1n) is 7.53. The molecule has 2 N–H and O–H groups in total. The minimum Gasteiger partial charge on any atom is -0.396 e. The number of nitrogens with one attached hydrogen (secondary N) is 1. The largest absolute Gasteiger partial charge is 0.396 e. The van der Waals surface area contributed by atoms with Gasteiger partial charge in [0.2, 0.25) is 0 Å². The molecule has 0 heterocycles. The van der Waals surface area contributed by atoms with E-state index in [0.29, 0.717) is 6.04 Å². The summed E-state index contributed by atoms with van der Waals surface area (Å²) in [6.45, 7) is 8.51. The fourth-order valence-electron chi connectivity index (χ4n) is 2.39. The molecule has 0 radical (unpaired) electrons. The van der Waals surface area contributed by atoms with Gasteiger partial charge in [0.25, 0.3) is 0 Å². The molecule has 20 heavy (non-hydrogen) atoms. The first-order valence-corrected chi connectivity index (χ1v) is 7.91. The van der Waals surface area contributed by atoms with Crippen LogP contribution in [0.3, 0.4) is 0 Å². The Bertz CT molecular complexity index is 373. The van der Waals surface area contributed by atoms with Crippen LogP contribution in [-0.2, 0) is 0 Å². The summed E-state index contributed by atoms with van der Waals surface area (Å²) in [5.41, 5.74) is 1.25. The van der Waals surface area contributed by atoms with Crippen molar-refractivity contribution in [3.63, 3.8) is 0 Å². The maximum atomic E-state index is 8.93. The van der Waals surface area contributed by atoms with Crippen LogP contribution in [-0.4, -0.2) is 42.8 Å². The zero-order valence-electron chi connectivity index (χ0n) is 12.6. The van der Waals surface area contributed by atoms with Gasteiger partial charge in [-0.3, -0.25) is 0 Å². The molecule has 3 nitrogen and oxygen atoms in total. The third-order valence-electron chi connectivity index (χ3n) is 3.52. The Morgan fingerprint density at radius 3 is 2.70 bits per heavy atom. The molecule has 1 atom stereocenters. The fourth-order valence-corrected chi connectivity index (χ4v) is 2.59.